The molecule has 0 bridgehead atoms. The van der Waals surface area contributed by atoms with E-state index in [0.29, 0.717) is 6.54 Å². The van der Waals surface area contributed by atoms with Crippen LogP contribution >= 0.6 is 0 Å². The van der Waals surface area contributed by atoms with Gasteiger partial charge in [0.25, 0.3) is 0 Å². The number of aryl methyl sites for hydroxylation is 1. The van der Waals surface area contributed by atoms with Crippen molar-refractivity contribution in [3.05, 3.63) is 35.4 Å². The molecule has 0 unspecified atom stereocenters. The first-order valence-electron chi connectivity index (χ1n) is 8.79. The van der Waals surface area contributed by atoms with Gasteiger partial charge in [-0.15, -0.1) is 0 Å². The maximum atomic E-state index is 12.5. The first-order chi connectivity index (χ1) is 11.1. The van der Waals surface area contributed by atoms with Crippen LogP contribution < -0.4 is 11.1 Å². The third kappa shape index (κ3) is 3.43. The van der Waals surface area contributed by atoms with Gasteiger partial charge in [0.05, 0.1) is 5.92 Å². The molecular weight excluding hydrogens is 288 g/mol. The van der Waals surface area contributed by atoms with Crippen LogP contribution in [0, 0.1) is 12.8 Å². The van der Waals surface area contributed by atoms with Gasteiger partial charge in [0.1, 0.15) is 0 Å². The number of benzene rings is 1. The molecule has 1 heterocycles. The van der Waals surface area contributed by atoms with Gasteiger partial charge in [0.2, 0.25) is 5.91 Å². The van der Waals surface area contributed by atoms with Crippen molar-refractivity contribution in [3.8, 4) is 0 Å². The molecule has 4 heteroatoms. The predicted molar refractivity (Wildman–Crippen MR) is 91.2 cm³/mol. The Balaban J connectivity index is 1.75. The molecule has 1 aliphatic carbocycles. The number of nitrogens with one attached hydrogen (secondary N) is 1. The smallest absolute Gasteiger partial charge is 0.224 e. The molecule has 2 fully saturated rings. The number of ether oxygens (including phenoxy) is 1. The van der Waals surface area contributed by atoms with Crippen molar-refractivity contribution in [2.45, 2.75) is 50.5 Å². The standard InChI is InChI=1S/C19H28N2O2/c1-14-5-2-3-7-16(14)19(9-11-23-12-10-19)13-21-18(22)15-6-4-8-17(15)20/h2-3,5,7,15,17H,4,6,8-13,20H2,1H3,(H,21,22)/t15-,17+/m0/s1. The van der Waals surface area contributed by atoms with Gasteiger partial charge in [-0.1, -0.05) is 30.7 Å². The number of carbonyl (C=O) groups excluding carboxylic acids is 1. The molecule has 3 rings (SSSR count). The van der Waals surface area contributed by atoms with Crippen LogP contribution in [0.3, 0.4) is 0 Å². The molecule has 0 spiro atoms. The van der Waals surface area contributed by atoms with Gasteiger partial charge >= 0.3 is 0 Å². The van der Waals surface area contributed by atoms with E-state index in [1.807, 2.05) is 0 Å². The summed E-state index contributed by atoms with van der Waals surface area (Å²) in [5.74, 6) is 0.123. The Hall–Kier alpha value is -1.39. The summed E-state index contributed by atoms with van der Waals surface area (Å²) in [5, 5.41) is 3.22. The lowest BCUT2D eigenvalue weighted by molar-refractivity contribution is -0.125. The molecule has 2 aliphatic rings. The molecule has 23 heavy (non-hydrogen) atoms. The molecule has 1 aromatic rings. The third-order valence-electron chi connectivity index (χ3n) is 5.67. The second-order valence-corrected chi connectivity index (χ2v) is 7.13. The predicted octanol–water partition coefficient (Wildman–Crippen LogP) is 2.29. The van der Waals surface area contributed by atoms with Crippen LogP contribution in [0.4, 0.5) is 0 Å². The Labute approximate surface area is 138 Å². The number of hydrogen-bond donors (Lipinski definition) is 2. The maximum Gasteiger partial charge on any atom is 0.224 e. The summed E-state index contributed by atoms with van der Waals surface area (Å²) in [6.45, 7) is 4.35. The quantitative estimate of drug-likeness (QED) is 0.896. The van der Waals surface area contributed by atoms with Crippen LogP contribution in [0.15, 0.2) is 24.3 Å². The SMILES string of the molecule is Cc1ccccc1C1(CNC(=O)[C@H]2CCC[C@H]2N)CCOCC1. The summed E-state index contributed by atoms with van der Waals surface area (Å²) in [5.41, 5.74) is 8.70. The van der Waals surface area contributed by atoms with Crippen molar-refractivity contribution < 1.29 is 9.53 Å². The molecule has 2 atom stereocenters. The fourth-order valence-corrected chi connectivity index (χ4v) is 4.17. The van der Waals surface area contributed by atoms with Crippen LogP contribution in [0.1, 0.15) is 43.2 Å². The Morgan fingerprint density at radius 1 is 1.30 bits per heavy atom. The molecular formula is C19H28N2O2. The molecule has 0 radical (unpaired) electrons. The van der Waals surface area contributed by atoms with Gasteiger partial charge in [-0.05, 0) is 43.7 Å². The molecule has 1 saturated heterocycles. The Morgan fingerprint density at radius 3 is 2.70 bits per heavy atom. The Kier molecular flexibility index (Phi) is 5.02. The molecule has 4 nitrogen and oxygen atoms in total. The van der Waals surface area contributed by atoms with Gasteiger partial charge in [-0.2, -0.15) is 0 Å². The highest BCUT2D eigenvalue weighted by Gasteiger charge is 2.37. The second-order valence-electron chi connectivity index (χ2n) is 7.13. The summed E-state index contributed by atoms with van der Waals surface area (Å²) in [6, 6.07) is 8.55. The van der Waals surface area contributed by atoms with E-state index >= 15 is 0 Å². The zero-order chi connectivity index (χ0) is 16.3. The molecule has 0 aromatic heterocycles. The normalized spacial score (nSPS) is 26.9. The van der Waals surface area contributed by atoms with Crippen LogP contribution in [0.2, 0.25) is 0 Å². The van der Waals surface area contributed by atoms with Crippen LogP contribution in [0.5, 0.6) is 0 Å². The molecule has 126 valence electrons. The average Bonchev–Trinajstić information content (AvgIpc) is 3.00. The average molecular weight is 316 g/mol. The van der Waals surface area contributed by atoms with Gasteiger partial charge in [0.15, 0.2) is 0 Å². The van der Waals surface area contributed by atoms with Gasteiger partial charge in [-0.25, -0.2) is 0 Å². The van der Waals surface area contributed by atoms with E-state index in [1.165, 1.54) is 11.1 Å². The van der Waals surface area contributed by atoms with E-state index in [9.17, 15) is 4.79 Å². The zero-order valence-corrected chi connectivity index (χ0v) is 14.0. The van der Waals surface area contributed by atoms with E-state index in [2.05, 4.69) is 36.5 Å². The molecule has 1 saturated carbocycles. The fourth-order valence-electron chi connectivity index (χ4n) is 4.17. The van der Waals surface area contributed by atoms with Gasteiger partial charge in [-0.3, -0.25) is 4.79 Å². The largest absolute Gasteiger partial charge is 0.381 e. The number of carbonyl (C=O) groups is 1. The van der Waals surface area contributed by atoms with Crippen molar-refractivity contribution in [1.82, 2.24) is 5.32 Å². The lowest BCUT2D eigenvalue weighted by Crippen LogP contribution is -2.48. The van der Waals surface area contributed by atoms with E-state index in [4.69, 9.17) is 10.5 Å². The third-order valence-corrected chi connectivity index (χ3v) is 5.67. The minimum Gasteiger partial charge on any atom is -0.381 e. The zero-order valence-electron chi connectivity index (χ0n) is 14.0. The van der Waals surface area contributed by atoms with E-state index < -0.39 is 0 Å². The summed E-state index contributed by atoms with van der Waals surface area (Å²) >= 11 is 0. The van der Waals surface area contributed by atoms with Crippen molar-refractivity contribution in [3.63, 3.8) is 0 Å². The van der Waals surface area contributed by atoms with Crippen LogP contribution in [-0.2, 0) is 14.9 Å². The number of hydrogen-bond acceptors (Lipinski definition) is 3. The van der Waals surface area contributed by atoms with Gasteiger partial charge in [0, 0.05) is 31.2 Å². The van der Waals surface area contributed by atoms with Crippen molar-refractivity contribution in [1.29, 1.82) is 0 Å². The monoisotopic (exact) mass is 316 g/mol. The van der Waals surface area contributed by atoms with Gasteiger partial charge < -0.3 is 15.8 Å². The van der Waals surface area contributed by atoms with E-state index in [0.717, 1.165) is 45.3 Å². The summed E-state index contributed by atoms with van der Waals surface area (Å²) in [6.07, 6.45) is 4.86. The highest BCUT2D eigenvalue weighted by molar-refractivity contribution is 5.79. The highest BCUT2D eigenvalue weighted by Crippen LogP contribution is 2.36. The van der Waals surface area contributed by atoms with Crippen molar-refractivity contribution in [2.75, 3.05) is 19.8 Å². The van der Waals surface area contributed by atoms with Crippen molar-refractivity contribution >= 4 is 5.91 Å². The molecule has 1 aromatic carbocycles. The lowest BCUT2D eigenvalue weighted by Gasteiger charge is -2.39. The minimum atomic E-state index is -0.0120. The Morgan fingerprint density at radius 2 is 2.04 bits per heavy atom. The molecule has 1 amide bonds. The van der Waals surface area contributed by atoms with E-state index in [1.54, 1.807) is 0 Å². The topological polar surface area (TPSA) is 64.4 Å². The second kappa shape index (κ2) is 7.02. The number of amides is 1. The minimum absolute atomic E-state index is 0.0104. The number of nitrogens with two attached hydrogens (primary N) is 1. The fraction of sp³-hybridized carbons (Fsp3) is 0.632. The van der Waals surface area contributed by atoms with Crippen LogP contribution in [-0.4, -0.2) is 31.7 Å². The lowest BCUT2D eigenvalue weighted by atomic mass is 9.72. The van der Waals surface area contributed by atoms with Crippen LogP contribution in [0.25, 0.3) is 0 Å². The first kappa shape index (κ1) is 16.5. The van der Waals surface area contributed by atoms with E-state index in [-0.39, 0.29) is 23.3 Å². The summed E-state index contributed by atoms with van der Waals surface area (Å²) in [4.78, 5) is 12.5. The summed E-state index contributed by atoms with van der Waals surface area (Å²) in [7, 11) is 0. The van der Waals surface area contributed by atoms with Crippen molar-refractivity contribution in [2.24, 2.45) is 11.7 Å². The molecule has 3 N–H and O–H groups in total. The number of rotatable bonds is 4. The maximum absolute atomic E-state index is 12.5. The first-order valence-corrected chi connectivity index (χ1v) is 8.79. The molecule has 1 aliphatic heterocycles. The Bertz CT molecular complexity index is 552. The summed E-state index contributed by atoms with van der Waals surface area (Å²) < 4.78 is 5.58. The highest BCUT2D eigenvalue weighted by atomic mass is 16.5.